The molecular weight excluding hydrogens is 346 g/mol. The number of nitrogens with one attached hydrogen (secondary N) is 1. The van der Waals surface area contributed by atoms with Gasteiger partial charge in [-0.3, -0.25) is 4.79 Å². The third-order valence-corrected chi connectivity index (χ3v) is 4.04. The third kappa shape index (κ3) is 4.63. The van der Waals surface area contributed by atoms with Gasteiger partial charge in [0, 0.05) is 6.07 Å². The van der Waals surface area contributed by atoms with Crippen LogP contribution in [0.2, 0.25) is 0 Å². The fraction of sp³-hybridized carbons (Fsp3) is 0.250. The summed E-state index contributed by atoms with van der Waals surface area (Å²) in [4.78, 5) is 16.4. The molecule has 3 rings (SSSR count). The fourth-order valence-corrected chi connectivity index (χ4v) is 2.55. The first-order valence-electron chi connectivity index (χ1n) is 8.46. The van der Waals surface area contributed by atoms with Gasteiger partial charge in [0.25, 0.3) is 0 Å². The van der Waals surface area contributed by atoms with Crippen molar-refractivity contribution < 1.29 is 18.8 Å². The predicted octanol–water partition coefficient (Wildman–Crippen LogP) is 2.92. The highest BCUT2D eigenvalue weighted by Crippen LogP contribution is 2.31. The molecule has 0 radical (unpaired) electrons. The van der Waals surface area contributed by atoms with E-state index in [-0.39, 0.29) is 12.5 Å². The zero-order valence-electron chi connectivity index (χ0n) is 15.5. The highest BCUT2D eigenvalue weighted by atomic mass is 16.5. The topological polar surface area (TPSA) is 86.5 Å². The van der Waals surface area contributed by atoms with Crippen LogP contribution in [0.1, 0.15) is 17.0 Å². The average Bonchev–Trinajstić information content (AvgIpc) is 3.16. The summed E-state index contributed by atoms with van der Waals surface area (Å²) in [5, 5.41) is 6.75. The van der Waals surface area contributed by atoms with E-state index in [2.05, 4.69) is 15.5 Å². The zero-order chi connectivity index (χ0) is 19.2. The Kier molecular flexibility index (Phi) is 5.71. The van der Waals surface area contributed by atoms with Crippen molar-refractivity contribution in [2.75, 3.05) is 14.2 Å². The molecule has 0 spiro atoms. The number of ether oxygens (including phenoxy) is 2. The van der Waals surface area contributed by atoms with Crippen LogP contribution in [0.25, 0.3) is 11.4 Å². The van der Waals surface area contributed by atoms with E-state index in [0.29, 0.717) is 35.2 Å². The second kappa shape index (κ2) is 8.35. The van der Waals surface area contributed by atoms with Gasteiger partial charge in [-0.15, -0.1) is 0 Å². The molecule has 0 saturated heterocycles. The quantitative estimate of drug-likeness (QED) is 0.691. The summed E-state index contributed by atoms with van der Waals surface area (Å²) in [6, 6.07) is 13.2. The van der Waals surface area contributed by atoms with Crippen LogP contribution >= 0.6 is 0 Å². The van der Waals surface area contributed by atoms with E-state index >= 15 is 0 Å². The van der Waals surface area contributed by atoms with E-state index in [1.807, 2.05) is 31.2 Å². The van der Waals surface area contributed by atoms with Gasteiger partial charge in [-0.25, -0.2) is 0 Å². The molecular formula is C20H21N3O4. The number of amides is 1. The number of carbonyl (C=O) groups excluding carboxylic acids is 1. The van der Waals surface area contributed by atoms with Crippen molar-refractivity contribution in [1.29, 1.82) is 0 Å². The van der Waals surface area contributed by atoms with Crippen molar-refractivity contribution in [2.24, 2.45) is 0 Å². The Morgan fingerprint density at radius 1 is 1.11 bits per heavy atom. The number of nitrogens with zero attached hydrogens (tertiary/aromatic N) is 2. The van der Waals surface area contributed by atoms with Gasteiger partial charge in [0.15, 0.2) is 0 Å². The smallest absolute Gasteiger partial charge is 0.246 e. The van der Waals surface area contributed by atoms with Crippen molar-refractivity contribution >= 4 is 5.91 Å². The molecule has 0 saturated carbocycles. The number of benzene rings is 2. The lowest BCUT2D eigenvalue weighted by Gasteiger charge is -2.07. The first kappa shape index (κ1) is 18.4. The molecule has 27 heavy (non-hydrogen) atoms. The summed E-state index contributed by atoms with van der Waals surface area (Å²) in [6.07, 6.45) is 0.299. The normalized spacial score (nSPS) is 10.5. The number of methoxy groups -OCH3 is 2. The van der Waals surface area contributed by atoms with Crippen LogP contribution in [0, 0.1) is 6.92 Å². The number of carbonyl (C=O) groups is 1. The first-order valence-corrected chi connectivity index (χ1v) is 8.46. The molecule has 3 aromatic rings. The van der Waals surface area contributed by atoms with E-state index in [1.54, 1.807) is 32.4 Å². The molecule has 1 N–H and O–H groups in total. The van der Waals surface area contributed by atoms with Crippen LogP contribution in [-0.2, 0) is 17.8 Å². The summed E-state index contributed by atoms with van der Waals surface area (Å²) >= 11 is 0. The predicted molar refractivity (Wildman–Crippen MR) is 99.6 cm³/mol. The van der Waals surface area contributed by atoms with Crippen molar-refractivity contribution in [1.82, 2.24) is 15.5 Å². The lowest BCUT2D eigenvalue weighted by atomic mass is 10.1. The van der Waals surface area contributed by atoms with Gasteiger partial charge >= 0.3 is 0 Å². The van der Waals surface area contributed by atoms with Crippen LogP contribution in [0.4, 0.5) is 0 Å². The minimum absolute atomic E-state index is 0.111. The summed E-state index contributed by atoms with van der Waals surface area (Å²) < 4.78 is 15.8. The van der Waals surface area contributed by atoms with Crippen LogP contribution in [0.5, 0.6) is 11.5 Å². The molecule has 1 aromatic heterocycles. The average molecular weight is 367 g/mol. The second-order valence-electron chi connectivity index (χ2n) is 6.02. The molecule has 0 unspecified atom stereocenters. The van der Waals surface area contributed by atoms with Crippen LogP contribution < -0.4 is 14.8 Å². The fourth-order valence-electron chi connectivity index (χ4n) is 2.55. The Labute approximate surface area is 157 Å². The van der Waals surface area contributed by atoms with Gasteiger partial charge < -0.3 is 19.3 Å². The van der Waals surface area contributed by atoms with Gasteiger partial charge in [-0.05, 0) is 24.6 Å². The number of hydrogen-bond donors (Lipinski definition) is 1. The van der Waals surface area contributed by atoms with E-state index in [9.17, 15) is 4.79 Å². The maximum atomic E-state index is 12.1. The molecule has 0 aliphatic rings. The second-order valence-corrected chi connectivity index (χ2v) is 6.02. The molecule has 1 heterocycles. The third-order valence-electron chi connectivity index (χ3n) is 4.04. The molecule has 0 atom stereocenters. The Morgan fingerprint density at radius 3 is 2.59 bits per heavy atom. The lowest BCUT2D eigenvalue weighted by molar-refractivity contribution is -0.120. The van der Waals surface area contributed by atoms with Gasteiger partial charge in [-0.2, -0.15) is 4.98 Å². The first-order chi connectivity index (χ1) is 13.1. The minimum Gasteiger partial charge on any atom is -0.497 e. The van der Waals surface area contributed by atoms with E-state index in [4.69, 9.17) is 14.0 Å². The standard InChI is InChI=1S/C20H21N3O4/c1-13-4-6-14(7-5-13)10-18(24)21-12-19-22-20(23-27-19)16-9-8-15(25-2)11-17(16)26-3/h4-9,11H,10,12H2,1-3H3,(H,21,24). The molecule has 0 bridgehead atoms. The molecule has 0 aliphatic carbocycles. The van der Waals surface area contributed by atoms with Gasteiger partial charge in [0.2, 0.25) is 17.6 Å². The molecule has 7 nitrogen and oxygen atoms in total. The Morgan fingerprint density at radius 2 is 1.89 bits per heavy atom. The number of aryl methyl sites for hydroxylation is 1. The highest BCUT2D eigenvalue weighted by Gasteiger charge is 2.15. The van der Waals surface area contributed by atoms with E-state index in [1.165, 1.54) is 0 Å². The maximum Gasteiger partial charge on any atom is 0.246 e. The summed E-state index contributed by atoms with van der Waals surface area (Å²) in [6.45, 7) is 2.17. The van der Waals surface area contributed by atoms with E-state index < -0.39 is 0 Å². The van der Waals surface area contributed by atoms with Crippen molar-refractivity contribution in [3.05, 3.63) is 59.5 Å². The molecule has 140 valence electrons. The van der Waals surface area contributed by atoms with Gasteiger partial charge in [0.1, 0.15) is 11.5 Å². The monoisotopic (exact) mass is 367 g/mol. The summed E-state index contributed by atoms with van der Waals surface area (Å²) in [7, 11) is 3.14. The van der Waals surface area contributed by atoms with Crippen molar-refractivity contribution in [3.63, 3.8) is 0 Å². The van der Waals surface area contributed by atoms with Crippen molar-refractivity contribution in [2.45, 2.75) is 19.9 Å². The largest absolute Gasteiger partial charge is 0.497 e. The molecule has 0 fully saturated rings. The van der Waals surface area contributed by atoms with E-state index in [0.717, 1.165) is 11.1 Å². The summed E-state index contributed by atoms with van der Waals surface area (Å²) in [5.41, 5.74) is 2.79. The van der Waals surface area contributed by atoms with Crippen LogP contribution in [-0.4, -0.2) is 30.3 Å². The molecule has 1 amide bonds. The number of rotatable bonds is 7. The Hall–Kier alpha value is -3.35. The van der Waals surface area contributed by atoms with Crippen LogP contribution in [0.3, 0.4) is 0 Å². The highest BCUT2D eigenvalue weighted by molar-refractivity contribution is 5.78. The lowest BCUT2D eigenvalue weighted by Crippen LogP contribution is -2.24. The Bertz CT molecular complexity index is 919. The maximum absolute atomic E-state index is 12.1. The molecule has 0 aliphatic heterocycles. The zero-order valence-corrected chi connectivity index (χ0v) is 15.5. The SMILES string of the molecule is COc1ccc(-c2noc(CNC(=O)Cc3ccc(C)cc3)n2)c(OC)c1. The summed E-state index contributed by atoms with van der Waals surface area (Å²) in [5.74, 6) is 1.84. The number of aromatic nitrogens is 2. The Balaban J connectivity index is 1.62. The van der Waals surface area contributed by atoms with Crippen LogP contribution in [0.15, 0.2) is 47.0 Å². The molecule has 2 aromatic carbocycles. The number of hydrogen-bond acceptors (Lipinski definition) is 6. The minimum atomic E-state index is -0.111. The molecule has 7 heteroatoms. The van der Waals surface area contributed by atoms with Crippen molar-refractivity contribution in [3.8, 4) is 22.9 Å². The van der Waals surface area contributed by atoms with Gasteiger partial charge in [-0.1, -0.05) is 35.0 Å². The van der Waals surface area contributed by atoms with Gasteiger partial charge in [0.05, 0.1) is 32.7 Å².